The largest absolute Gasteiger partial charge is 0.327 e. The molecule has 12 aromatic rings. The maximum atomic E-state index is 4.65. The summed E-state index contributed by atoms with van der Waals surface area (Å²) >= 11 is 0. The van der Waals surface area contributed by atoms with E-state index in [4.69, 9.17) is 0 Å². The minimum absolute atomic E-state index is 0.749. The lowest BCUT2D eigenvalue weighted by Gasteiger charge is -2.05. The Morgan fingerprint density at radius 1 is 0.422 bits per heavy atom. The molecule has 0 aliphatic heterocycles. The Hall–Kier alpha value is -8.50. The van der Waals surface area contributed by atoms with Gasteiger partial charge in [-0.15, -0.1) is 0 Å². The lowest BCUT2D eigenvalue weighted by Crippen LogP contribution is -1.95. The first-order valence-corrected chi connectivity index (χ1v) is 21.1. The monoisotopic (exact) mass is 834 g/mol. The van der Waals surface area contributed by atoms with Crippen LogP contribution >= 0.6 is 0 Å². The predicted octanol–water partition coefficient (Wildman–Crippen LogP) is 12.0. The van der Waals surface area contributed by atoms with Crippen LogP contribution in [0.2, 0.25) is 0 Å². The number of hydrogen-bond donors (Lipinski definition) is 0. The van der Waals surface area contributed by atoms with Crippen molar-refractivity contribution in [1.82, 2.24) is 47.8 Å². The van der Waals surface area contributed by atoms with Crippen LogP contribution in [0.15, 0.2) is 207 Å². The molecule has 0 saturated carbocycles. The van der Waals surface area contributed by atoms with E-state index in [1.807, 2.05) is 156 Å². The fourth-order valence-corrected chi connectivity index (χ4v) is 7.85. The normalized spacial score (nSPS) is 10.8. The summed E-state index contributed by atoms with van der Waals surface area (Å²) < 4.78 is 8.33. The second kappa shape index (κ2) is 18.6. The van der Waals surface area contributed by atoms with Crippen molar-refractivity contribution >= 4 is 33.6 Å². The molecule has 0 aliphatic carbocycles. The van der Waals surface area contributed by atoms with Crippen molar-refractivity contribution in [1.29, 1.82) is 0 Å². The highest BCUT2D eigenvalue weighted by molar-refractivity contribution is 5.80. The SMILES string of the molecule is Cc1c(-c2ccccc2)nc2ncccn12.Cc1nc2ccccc2n1-c1ccccc1.Cc1nc2ncccn2c1-c1ccccc1.Cn1c(-c2ccccc2)nc2ccccc21. The lowest BCUT2D eigenvalue weighted by atomic mass is 10.1. The zero-order chi connectivity index (χ0) is 43.8. The van der Waals surface area contributed by atoms with Gasteiger partial charge in [-0.25, -0.2) is 29.9 Å². The standard InChI is InChI=1S/2C14H12N2.2C13H11N3/c1-16-13-10-6-5-9-12(13)15-14(16)11-7-3-2-4-8-11;1-11-15-13-9-5-6-10-14(13)16(11)12-7-3-2-4-8-12;1-10-12(11-6-3-2-4-7-11)15-13-14-8-5-9-16(10)13;1-10-12(11-6-3-2-4-7-11)16-9-5-8-14-13(16)15-10/h2*2-10H,1H3;2*2-9H,1H3. The third kappa shape index (κ3) is 8.53. The molecule has 10 nitrogen and oxygen atoms in total. The van der Waals surface area contributed by atoms with Gasteiger partial charge in [-0.1, -0.05) is 133 Å². The summed E-state index contributed by atoms with van der Waals surface area (Å²) in [5.41, 5.74) is 13.3. The molecular formula is C54H46N10. The van der Waals surface area contributed by atoms with E-state index in [1.54, 1.807) is 12.4 Å². The summed E-state index contributed by atoms with van der Waals surface area (Å²) in [5.74, 6) is 3.53. The summed E-state index contributed by atoms with van der Waals surface area (Å²) in [5, 5.41) is 0. The van der Waals surface area contributed by atoms with Crippen LogP contribution in [0.5, 0.6) is 0 Å². The molecule has 312 valence electrons. The van der Waals surface area contributed by atoms with Gasteiger partial charge >= 0.3 is 0 Å². The molecule has 0 saturated heterocycles. The molecule has 10 heteroatoms. The van der Waals surface area contributed by atoms with E-state index >= 15 is 0 Å². The van der Waals surface area contributed by atoms with Gasteiger partial charge in [0.15, 0.2) is 0 Å². The highest BCUT2D eigenvalue weighted by atomic mass is 15.1. The van der Waals surface area contributed by atoms with E-state index in [0.717, 1.165) is 79.3 Å². The van der Waals surface area contributed by atoms with E-state index in [2.05, 4.69) is 114 Å². The topological polar surface area (TPSA) is 96.0 Å². The summed E-state index contributed by atoms with van der Waals surface area (Å²) in [6.07, 6.45) is 7.49. The van der Waals surface area contributed by atoms with Gasteiger partial charge in [-0.3, -0.25) is 13.4 Å². The van der Waals surface area contributed by atoms with Crippen LogP contribution in [0.4, 0.5) is 0 Å². The van der Waals surface area contributed by atoms with Crippen LogP contribution in [0.3, 0.4) is 0 Å². The van der Waals surface area contributed by atoms with Crippen LogP contribution in [0.25, 0.3) is 73.2 Å². The Morgan fingerprint density at radius 3 is 1.53 bits per heavy atom. The van der Waals surface area contributed by atoms with Gasteiger partial charge in [0, 0.05) is 59.9 Å². The van der Waals surface area contributed by atoms with Gasteiger partial charge < -0.3 is 4.57 Å². The quantitative estimate of drug-likeness (QED) is 0.175. The molecule has 6 aromatic carbocycles. The van der Waals surface area contributed by atoms with Gasteiger partial charge in [-0.2, -0.15) is 0 Å². The Kier molecular flexibility index (Phi) is 11.9. The van der Waals surface area contributed by atoms with E-state index in [0.29, 0.717) is 0 Å². The van der Waals surface area contributed by atoms with Crippen molar-refractivity contribution in [3.05, 3.63) is 224 Å². The Balaban J connectivity index is 0.000000108. The average molecular weight is 835 g/mol. The molecule has 0 aliphatic rings. The van der Waals surface area contributed by atoms with Gasteiger partial charge in [-0.05, 0) is 69.3 Å². The van der Waals surface area contributed by atoms with Gasteiger partial charge in [0.05, 0.1) is 39.1 Å². The number of nitrogens with zero attached hydrogens (tertiary/aromatic N) is 10. The number of rotatable bonds is 4. The third-order valence-electron chi connectivity index (χ3n) is 10.9. The molecule has 64 heavy (non-hydrogen) atoms. The van der Waals surface area contributed by atoms with E-state index < -0.39 is 0 Å². The lowest BCUT2D eigenvalue weighted by molar-refractivity contribution is 0.959. The van der Waals surface area contributed by atoms with E-state index in [-0.39, 0.29) is 0 Å². The number of benzene rings is 6. The molecule has 0 atom stereocenters. The molecule has 0 amide bonds. The fourth-order valence-electron chi connectivity index (χ4n) is 7.85. The maximum Gasteiger partial charge on any atom is 0.234 e. The molecule has 6 aromatic heterocycles. The van der Waals surface area contributed by atoms with Crippen molar-refractivity contribution in [3.63, 3.8) is 0 Å². The molecule has 6 heterocycles. The first-order chi connectivity index (χ1) is 31.4. The second-order valence-electron chi connectivity index (χ2n) is 15.1. The second-order valence-corrected chi connectivity index (χ2v) is 15.1. The average Bonchev–Trinajstić information content (AvgIpc) is 4.09. The smallest absolute Gasteiger partial charge is 0.234 e. The van der Waals surface area contributed by atoms with Crippen molar-refractivity contribution in [2.24, 2.45) is 7.05 Å². The molecule has 12 rings (SSSR count). The zero-order valence-electron chi connectivity index (χ0n) is 36.1. The number of aromatic nitrogens is 10. The van der Waals surface area contributed by atoms with Gasteiger partial charge in [0.1, 0.15) is 11.6 Å². The minimum Gasteiger partial charge on any atom is -0.327 e. The summed E-state index contributed by atoms with van der Waals surface area (Å²) in [7, 11) is 2.05. The zero-order valence-corrected chi connectivity index (χ0v) is 36.1. The van der Waals surface area contributed by atoms with Crippen molar-refractivity contribution in [3.8, 4) is 39.6 Å². The maximum absolute atomic E-state index is 4.65. The van der Waals surface area contributed by atoms with Crippen molar-refractivity contribution in [2.45, 2.75) is 20.8 Å². The fraction of sp³-hybridized carbons (Fsp3) is 0.0741. The number of fused-ring (bicyclic) bond motifs is 4. The Bertz CT molecular complexity index is 3180. The Morgan fingerprint density at radius 2 is 0.922 bits per heavy atom. The molecular weight excluding hydrogens is 789 g/mol. The number of hydrogen-bond acceptors (Lipinski definition) is 6. The first-order valence-electron chi connectivity index (χ1n) is 21.1. The van der Waals surface area contributed by atoms with Crippen LogP contribution in [0, 0.1) is 20.8 Å². The number of para-hydroxylation sites is 5. The summed E-state index contributed by atoms with van der Waals surface area (Å²) in [6, 6.07) is 61.2. The Labute approximate surface area is 371 Å². The van der Waals surface area contributed by atoms with Crippen molar-refractivity contribution < 1.29 is 0 Å². The van der Waals surface area contributed by atoms with Crippen LogP contribution < -0.4 is 0 Å². The van der Waals surface area contributed by atoms with Crippen molar-refractivity contribution in [2.75, 3.05) is 0 Å². The van der Waals surface area contributed by atoms with Gasteiger partial charge in [0.2, 0.25) is 11.6 Å². The summed E-state index contributed by atoms with van der Waals surface area (Å²) in [4.78, 5) is 26.7. The predicted molar refractivity (Wildman–Crippen MR) is 258 cm³/mol. The van der Waals surface area contributed by atoms with Gasteiger partial charge in [0.25, 0.3) is 0 Å². The number of aryl methyl sites for hydroxylation is 4. The molecule has 0 N–H and O–H groups in total. The molecule has 0 spiro atoms. The molecule has 0 bridgehead atoms. The van der Waals surface area contributed by atoms with Crippen LogP contribution in [-0.2, 0) is 7.05 Å². The van der Waals surface area contributed by atoms with Crippen LogP contribution in [-0.4, -0.2) is 47.8 Å². The van der Waals surface area contributed by atoms with E-state index in [1.165, 1.54) is 11.1 Å². The highest BCUT2D eigenvalue weighted by Crippen LogP contribution is 2.26. The molecule has 0 fully saturated rings. The first kappa shape index (κ1) is 40.9. The molecule has 0 unspecified atom stereocenters. The van der Waals surface area contributed by atoms with E-state index in [9.17, 15) is 0 Å². The van der Waals surface area contributed by atoms with Crippen LogP contribution in [0.1, 0.15) is 17.2 Å². The summed E-state index contributed by atoms with van der Waals surface area (Å²) in [6.45, 7) is 6.11. The number of imidazole rings is 4. The highest BCUT2D eigenvalue weighted by Gasteiger charge is 2.12. The molecule has 0 radical (unpaired) electrons. The minimum atomic E-state index is 0.749. The third-order valence-corrected chi connectivity index (χ3v) is 10.9.